The summed E-state index contributed by atoms with van der Waals surface area (Å²) in [6.45, 7) is 0.871. The normalized spacial score (nSPS) is 22.5. The lowest BCUT2D eigenvalue weighted by Crippen LogP contribution is -2.48. The van der Waals surface area contributed by atoms with Crippen LogP contribution >= 0.6 is 0 Å². The number of benzene rings is 2. The van der Waals surface area contributed by atoms with Crippen LogP contribution in [0.5, 0.6) is 5.88 Å². The van der Waals surface area contributed by atoms with E-state index < -0.39 is 41.3 Å². The number of fused-ring (bicyclic) bond motifs is 2. The summed E-state index contributed by atoms with van der Waals surface area (Å²) in [5.74, 6) is -3.50. The first-order chi connectivity index (χ1) is 22.0. The number of aromatic nitrogens is 2. The number of hydrogen-bond acceptors (Lipinski definition) is 8. The molecule has 242 valence electrons. The lowest BCUT2D eigenvalue weighted by atomic mass is 9.83. The number of morpholine rings is 1. The van der Waals surface area contributed by atoms with Gasteiger partial charge in [0.05, 0.1) is 25.2 Å². The highest BCUT2D eigenvalue weighted by Crippen LogP contribution is 2.49. The number of hydrogen-bond donors (Lipinski definition) is 3. The Kier molecular flexibility index (Phi) is 8.51. The van der Waals surface area contributed by atoms with E-state index in [0.717, 1.165) is 18.9 Å². The molecule has 2 heterocycles. The van der Waals surface area contributed by atoms with E-state index in [9.17, 15) is 31.9 Å². The molecule has 3 amide bonds. The molecular weight excluding hydrogens is 612 g/mol. The van der Waals surface area contributed by atoms with Crippen LogP contribution in [0, 0.1) is 23.6 Å². The summed E-state index contributed by atoms with van der Waals surface area (Å²) in [5, 5.41) is 8.54. The van der Waals surface area contributed by atoms with Gasteiger partial charge >= 0.3 is 6.18 Å². The van der Waals surface area contributed by atoms with Crippen molar-refractivity contribution in [2.24, 2.45) is 17.8 Å². The molecule has 15 heteroatoms. The maximum Gasteiger partial charge on any atom is 0.419 e. The van der Waals surface area contributed by atoms with Crippen molar-refractivity contribution in [3.8, 4) is 5.88 Å². The lowest BCUT2D eigenvalue weighted by molar-refractivity contribution is -0.140. The van der Waals surface area contributed by atoms with Gasteiger partial charge < -0.3 is 30.3 Å². The molecule has 3 aliphatic rings. The molecule has 3 fully saturated rings. The van der Waals surface area contributed by atoms with E-state index in [-0.39, 0.29) is 47.3 Å². The summed E-state index contributed by atoms with van der Waals surface area (Å²) in [6.07, 6.45) is -1.56. The predicted molar refractivity (Wildman–Crippen MR) is 157 cm³/mol. The molecule has 1 saturated heterocycles. The third-order valence-electron chi connectivity index (χ3n) is 8.72. The van der Waals surface area contributed by atoms with Crippen LogP contribution in [0.15, 0.2) is 48.8 Å². The van der Waals surface area contributed by atoms with Crippen molar-refractivity contribution in [1.82, 2.24) is 15.3 Å². The molecule has 0 radical (unpaired) electrons. The summed E-state index contributed by atoms with van der Waals surface area (Å²) in [5.41, 5.74) is -0.432. The van der Waals surface area contributed by atoms with Crippen LogP contribution in [-0.2, 0) is 20.5 Å². The van der Waals surface area contributed by atoms with Crippen molar-refractivity contribution >= 4 is 40.6 Å². The summed E-state index contributed by atoms with van der Waals surface area (Å²) >= 11 is 0. The van der Waals surface area contributed by atoms with Crippen LogP contribution in [0.3, 0.4) is 0 Å². The van der Waals surface area contributed by atoms with Crippen molar-refractivity contribution in [2.45, 2.75) is 31.5 Å². The summed E-state index contributed by atoms with van der Waals surface area (Å²) in [7, 11) is 1.35. The van der Waals surface area contributed by atoms with Gasteiger partial charge in [0.15, 0.2) is 5.82 Å². The zero-order valence-corrected chi connectivity index (χ0v) is 24.6. The van der Waals surface area contributed by atoms with Gasteiger partial charge in [0.25, 0.3) is 11.8 Å². The Bertz CT molecular complexity index is 1650. The van der Waals surface area contributed by atoms with E-state index in [1.807, 2.05) is 0 Å². The Morgan fingerprint density at radius 1 is 1.04 bits per heavy atom. The summed E-state index contributed by atoms with van der Waals surface area (Å²) < 4.78 is 64.1. The van der Waals surface area contributed by atoms with E-state index >= 15 is 0 Å². The van der Waals surface area contributed by atoms with Gasteiger partial charge in [-0.15, -0.1) is 0 Å². The van der Waals surface area contributed by atoms with E-state index in [4.69, 9.17) is 9.47 Å². The highest BCUT2D eigenvalue weighted by Gasteiger charge is 2.51. The third-order valence-corrected chi connectivity index (χ3v) is 8.72. The van der Waals surface area contributed by atoms with Crippen molar-refractivity contribution in [1.29, 1.82) is 0 Å². The molecule has 0 spiro atoms. The molecule has 0 unspecified atom stereocenters. The Morgan fingerprint density at radius 3 is 2.50 bits per heavy atom. The number of rotatable bonds is 8. The SMILES string of the molecule is COc1ncnc(Nc2ccc(N3CCOCC3=O)cc2)c1C(=O)N[C@@H]1[C@H]2CC[C@H](C2)[C@@H]1C(=O)Nc1ccc(F)c(C(F)(F)F)c1. The van der Waals surface area contributed by atoms with Crippen molar-refractivity contribution in [2.75, 3.05) is 42.4 Å². The minimum Gasteiger partial charge on any atom is -0.480 e. The molecule has 46 heavy (non-hydrogen) atoms. The van der Waals surface area contributed by atoms with Gasteiger partial charge in [-0.25, -0.2) is 14.4 Å². The van der Waals surface area contributed by atoms with Crippen molar-refractivity contribution in [3.05, 3.63) is 65.7 Å². The fourth-order valence-corrected chi connectivity index (χ4v) is 6.62. The first kappa shape index (κ1) is 31.2. The monoisotopic (exact) mass is 642 g/mol. The van der Waals surface area contributed by atoms with Gasteiger partial charge in [-0.05, 0) is 73.6 Å². The smallest absolute Gasteiger partial charge is 0.419 e. The molecule has 6 rings (SSSR count). The molecule has 1 aliphatic heterocycles. The quantitative estimate of drug-likeness (QED) is 0.305. The molecule has 2 saturated carbocycles. The van der Waals surface area contributed by atoms with Crippen LogP contribution in [0.2, 0.25) is 0 Å². The largest absolute Gasteiger partial charge is 0.480 e. The minimum atomic E-state index is -4.93. The zero-order valence-electron chi connectivity index (χ0n) is 24.6. The van der Waals surface area contributed by atoms with Crippen molar-refractivity contribution in [3.63, 3.8) is 0 Å². The predicted octanol–water partition coefficient (Wildman–Crippen LogP) is 4.53. The fourth-order valence-electron chi connectivity index (χ4n) is 6.62. The van der Waals surface area contributed by atoms with Gasteiger partial charge in [0.1, 0.15) is 24.3 Å². The number of anilines is 4. The van der Waals surface area contributed by atoms with E-state index in [1.165, 1.54) is 13.4 Å². The molecule has 2 aromatic carbocycles. The Balaban J connectivity index is 1.20. The number of methoxy groups -OCH3 is 1. The highest BCUT2D eigenvalue weighted by molar-refractivity contribution is 6.02. The molecule has 3 N–H and O–H groups in total. The average Bonchev–Trinajstić information content (AvgIpc) is 3.64. The third kappa shape index (κ3) is 6.18. The molecule has 1 aromatic heterocycles. The van der Waals surface area contributed by atoms with Crippen LogP contribution < -0.4 is 25.6 Å². The van der Waals surface area contributed by atoms with Crippen molar-refractivity contribution < 1.29 is 41.4 Å². The van der Waals surface area contributed by atoms with Gasteiger partial charge in [0.2, 0.25) is 11.8 Å². The second-order valence-corrected chi connectivity index (χ2v) is 11.4. The van der Waals surface area contributed by atoms with Crippen LogP contribution in [0.1, 0.15) is 35.2 Å². The van der Waals surface area contributed by atoms with Crippen LogP contribution in [-0.4, -0.2) is 60.6 Å². The molecule has 4 atom stereocenters. The van der Waals surface area contributed by atoms with E-state index in [1.54, 1.807) is 29.2 Å². The zero-order chi connectivity index (χ0) is 32.6. The molecule has 2 aliphatic carbocycles. The number of halogens is 4. The first-order valence-electron chi connectivity index (χ1n) is 14.7. The van der Waals surface area contributed by atoms with Crippen LogP contribution in [0.25, 0.3) is 0 Å². The topological polar surface area (TPSA) is 135 Å². The second kappa shape index (κ2) is 12.5. The number of amides is 3. The maximum atomic E-state index is 13.8. The standard InChI is InChI=1S/C31H30F4N6O5/c1-45-30-25(27(36-15-37-30)38-18-4-7-20(8-5-18)41-10-11-46-14-23(41)42)29(44)40-26-17-3-2-16(12-17)24(26)28(43)39-19-6-9-22(32)21(13-19)31(33,34)35/h4-9,13,15-17,24,26H,2-3,10-12,14H2,1H3,(H,39,43)(H,40,44)(H,36,37,38)/t16-,17+,24+,26-/m1/s1. The molecule has 11 nitrogen and oxygen atoms in total. The van der Waals surface area contributed by atoms with Crippen LogP contribution in [0.4, 0.5) is 40.4 Å². The Morgan fingerprint density at radius 2 is 1.78 bits per heavy atom. The summed E-state index contributed by atoms with van der Waals surface area (Å²) in [4.78, 5) is 49.4. The average molecular weight is 643 g/mol. The van der Waals surface area contributed by atoms with Gasteiger partial charge in [-0.3, -0.25) is 14.4 Å². The number of carbonyl (C=O) groups excluding carboxylic acids is 3. The number of nitrogens with one attached hydrogen (secondary N) is 3. The molecule has 2 bridgehead atoms. The van der Waals surface area contributed by atoms with Gasteiger partial charge in [-0.1, -0.05) is 0 Å². The fraction of sp³-hybridized carbons (Fsp3) is 0.387. The van der Waals surface area contributed by atoms with E-state index in [0.29, 0.717) is 43.1 Å². The number of carbonyl (C=O) groups is 3. The summed E-state index contributed by atoms with van der Waals surface area (Å²) in [6, 6.07) is 8.61. The Labute approximate surface area is 260 Å². The number of ether oxygens (including phenoxy) is 2. The Hall–Kier alpha value is -4.79. The second-order valence-electron chi connectivity index (χ2n) is 11.4. The number of alkyl halides is 3. The first-order valence-corrected chi connectivity index (χ1v) is 14.7. The van der Waals surface area contributed by atoms with Gasteiger partial charge in [-0.2, -0.15) is 13.2 Å². The molecule has 3 aromatic rings. The maximum absolute atomic E-state index is 13.8. The number of nitrogens with zero attached hydrogens (tertiary/aromatic N) is 3. The minimum absolute atomic E-state index is 0.00674. The molecular formula is C31H30F4N6O5. The lowest BCUT2D eigenvalue weighted by Gasteiger charge is -2.31. The van der Waals surface area contributed by atoms with E-state index in [2.05, 4.69) is 25.9 Å². The highest BCUT2D eigenvalue weighted by atomic mass is 19.4. The van der Waals surface area contributed by atoms with Gasteiger partial charge in [0, 0.05) is 29.6 Å².